The van der Waals surface area contributed by atoms with E-state index in [2.05, 4.69) is 31.5 Å². The number of carbonyl (C=O) groups excluding carboxylic acids is 1. The number of hydrogen-bond donors (Lipinski definition) is 2. The van der Waals surface area contributed by atoms with Crippen molar-refractivity contribution < 1.29 is 18.0 Å². The summed E-state index contributed by atoms with van der Waals surface area (Å²) in [5, 5.41) is 7.09. The van der Waals surface area contributed by atoms with Crippen molar-refractivity contribution in [3.05, 3.63) is 70.5 Å². The first-order chi connectivity index (χ1) is 12.3. The highest BCUT2D eigenvalue weighted by molar-refractivity contribution is 9.10. The molecule has 0 bridgehead atoms. The minimum absolute atomic E-state index is 0.0636. The van der Waals surface area contributed by atoms with Crippen LogP contribution in [-0.4, -0.2) is 11.0 Å². The highest BCUT2D eigenvalue weighted by Crippen LogP contribution is 2.35. The lowest BCUT2D eigenvalue weighted by molar-refractivity contribution is -0.138. The summed E-state index contributed by atoms with van der Waals surface area (Å²) < 4.78 is 38.2. The van der Waals surface area contributed by atoms with Gasteiger partial charge in [0.1, 0.15) is 0 Å². The second kappa shape index (κ2) is 7.33. The number of urea groups is 1. The highest BCUT2D eigenvalue weighted by Gasteiger charge is 2.32. The van der Waals surface area contributed by atoms with Gasteiger partial charge in [-0.3, -0.25) is 4.98 Å². The molecule has 0 fully saturated rings. The van der Waals surface area contributed by atoms with Gasteiger partial charge in [0.2, 0.25) is 0 Å². The van der Waals surface area contributed by atoms with Gasteiger partial charge in [0.15, 0.2) is 0 Å². The molecule has 3 rings (SSSR count). The lowest BCUT2D eigenvalue weighted by Crippen LogP contribution is -2.28. The van der Waals surface area contributed by atoms with E-state index in [1.807, 2.05) is 6.07 Å². The number of hydrogen-bond acceptors (Lipinski definition) is 2. The maximum atomic E-state index is 12.8. The molecule has 0 saturated heterocycles. The van der Waals surface area contributed by atoms with Crippen molar-refractivity contribution in [1.29, 1.82) is 0 Å². The summed E-state index contributed by atoms with van der Waals surface area (Å²) in [5.74, 6) is 0. The minimum Gasteiger partial charge on any atom is -0.334 e. The Bertz CT molecular complexity index is 955. The largest absolute Gasteiger partial charge is 0.417 e. The van der Waals surface area contributed by atoms with Gasteiger partial charge in [0.05, 0.1) is 11.3 Å². The highest BCUT2D eigenvalue weighted by atomic mass is 79.9. The summed E-state index contributed by atoms with van der Waals surface area (Å²) in [6.07, 6.45) is -1.10. The molecular formula is C18H13BrF3N3O. The number of benzene rings is 2. The molecule has 0 atom stereocenters. The van der Waals surface area contributed by atoms with Crippen molar-refractivity contribution in [2.24, 2.45) is 0 Å². The van der Waals surface area contributed by atoms with Gasteiger partial charge in [-0.15, -0.1) is 0 Å². The third-order valence-electron chi connectivity index (χ3n) is 3.72. The van der Waals surface area contributed by atoms with Crippen LogP contribution in [0.2, 0.25) is 0 Å². The average Bonchev–Trinajstić information content (AvgIpc) is 2.59. The fourth-order valence-corrected chi connectivity index (χ4v) is 3.13. The van der Waals surface area contributed by atoms with E-state index in [4.69, 9.17) is 0 Å². The van der Waals surface area contributed by atoms with E-state index in [-0.39, 0.29) is 11.0 Å². The Labute approximate surface area is 155 Å². The number of carbonyl (C=O) groups is 1. The first kappa shape index (κ1) is 18.2. The van der Waals surface area contributed by atoms with Crippen LogP contribution in [0.4, 0.5) is 23.7 Å². The number of alkyl halides is 3. The molecule has 26 heavy (non-hydrogen) atoms. The summed E-state index contributed by atoms with van der Waals surface area (Å²) in [6.45, 7) is 0.0922. The first-order valence-corrected chi connectivity index (χ1v) is 8.37. The fourth-order valence-electron chi connectivity index (χ4n) is 2.48. The number of anilines is 1. The van der Waals surface area contributed by atoms with E-state index in [0.29, 0.717) is 11.3 Å². The summed E-state index contributed by atoms with van der Waals surface area (Å²) in [4.78, 5) is 16.1. The van der Waals surface area contributed by atoms with E-state index in [1.165, 1.54) is 12.1 Å². The monoisotopic (exact) mass is 423 g/mol. The molecular weight excluding hydrogens is 411 g/mol. The van der Waals surface area contributed by atoms with Crippen molar-refractivity contribution in [2.75, 3.05) is 5.32 Å². The van der Waals surface area contributed by atoms with Crippen LogP contribution in [0.5, 0.6) is 0 Å². The van der Waals surface area contributed by atoms with Crippen LogP contribution < -0.4 is 10.6 Å². The Kier molecular flexibility index (Phi) is 5.13. The molecule has 3 aromatic rings. The Morgan fingerprint density at radius 2 is 1.96 bits per heavy atom. The molecule has 0 aliphatic carbocycles. The smallest absolute Gasteiger partial charge is 0.334 e. The second-order valence-electron chi connectivity index (χ2n) is 5.52. The van der Waals surface area contributed by atoms with Crippen molar-refractivity contribution in [2.45, 2.75) is 12.7 Å². The fraction of sp³-hybridized carbons (Fsp3) is 0.111. The summed E-state index contributed by atoms with van der Waals surface area (Å²) in [6, 6.07) is 10.4. The van der Waals surface area contributed by atoms with E-state index in [1.54, 1.807) is 30.6 Å². The topological polar surface area (TPSA) is 54.0 Å². The number of aromatic nitrogens is 1. The number of rotatable bonds is 3. The Morgan fingerprint density at radius 3 is 2.69 bits per heavy atom. The van der Waals surface area contributed by atoms with E-state index >= 15 is 0 Å². The summed E-state index contributed by atoms with van der Waals surface area (Å²) >= 11 is 2.92. The zero-order valence-corrected chi connectivity index (χ0v) is 14.9. The van der Waals surface area contributed by atoms with Crippen molar-refractivity contribution in [3.63, 3.8) is 0 Å². The molecule has 2 aromatic carbocycles. The van der Waals surface area contributed by atoms with Crippen LogP contribution in [0.15, 0.2) is 59.3 Å². The standard InChI is InChI=1S/C18H13BrF3N3O/c19-15-8-11(4-5-14(15)18(20,21)22)9-24-17(26)25-16-3-1-2-12-10-23-7-6-13(12)16/h1-8,10H,9H2,(H2,24,25,26). The van der Waals surface area contributed by atoms with Crippen LogP contribution in [0.3, 0.4) is 0 Å². The Hall–Kier alpha value is -2.61. The van der Waals surface area contributed by atoms with Gasteiger partial charge in [-0.1, -0.05) is 34.1 Å². The molecule has 4 nitrogen and oxygen atoms in total. The van der Waals surface area contributed by atoms with Crippen molar-refractivity contribution in [3.8, 4) is 0 Å². The van der Waals surface area contributed by atoms with Crippen LogP contribution >= 0.6 is 15.9 Å². The molecule has 8 heteroatoms. The van der Waals surface area contributed by atoms with E-state index < -0.39 is 17.8 Å². The number of fused-ring (bicyclic) bond motifs is 1. The van der Waals surface area contributed by atoms with Crippen LogP contribution in [0, 0.1) is 0 Å². The van der Waals surface area contributed by atoms with E-state index in [0.717, 1.165) is 16.8 Å². The van der Waals surface area contributed by atoms with E-state index in [9.17, 15) is 18.0 Å². The molecule has 0 aliphatic rings. The maximum absolute atomic E-state index is 12.8. The van der Waals surface area contributed by atoms with Gasteiger partial charge >= 0.3 is 12.2 Å². The minimum atomic E-state index is -4.43. The predicted molar refractivity (Wildman–Crippen MR) is 96.7 cm³/mol. The molecule has 0 unspecified atom stereocenters. The van der Waals surface area contributed by atoms with Gasteiger partial charge in [-0.05, 0) is 29.8 Å². The summed E-state index contributed by atoms with van der Waals surface area (Å²) in [5.41, 5.74) is 0.410. The molecule has 2 amide bonds. The number of amides is 2. The number of halogens is 4. The van der Waals surface area contributed by atoms with Crippen LogP contribution in [0.25, 0.3) is 10.8 Å². The quantitative estimate of drug-likeness (QED) is 0.597. The first-order valence-electron chi connectivity index (χ1n) is 7.58. The van der Waals surface area contributed by atoms with Crippen molar-refractivity contribution in [1.82, 2.24) is 10.3 Å². The third kappa shape index (κ3) is 4.13. The molecule has 0 radical (unpaired) electrons. The number of pyridine rings is 1. The van der Waals surface area contributed by atoms with Gasteiger partial charge < -0.3 is 10.6 Å². The lowest BCUT2D eigenvalue weighted by atomic mass is 10.1. The van der Waals surface area contributed by atoms with Crippen LogP contribution in [-0.2, 0) is 12.7 Å². The van der Waals surface area contributed by atoms with Crippen molar-refractivity contribution >= 4 is 38.4 Å². The molecule has 0 saturated carbocycles. The number of nitrogens with zero attached hydrogens (tertiary/aromatic N) is 1. The van der Waals surface area contributed by atoms with Crippen LogP contribution in [0.1, 0.15) is 11.1 Å². The molecule has 1 heterocycles. The lowest BCUT2D eigenvalue weighted by Gasteiger charge is -2.12. The molecule has 0 spiro atoms. The normalized spacial score (nSPS) is 11.4. The molecule has 0 aliphatic heterocycles. The molecule has 134 valence electrons. The Balaban J connectivity index is 1.67. The van der Waals surface area contributed by atoms with Gasteiger partial charge in [0, 0.05) is 34.2 Å². The van der Waals surface area contributed by atoms with Gasteiger partial charge in [-0.2, -0.15) is 13.2 Å². The maximum Gasteiger partial charge on any atom is 0.417 e. The predicted octanol–water partition coefficient (Wildman–Crippen LogP) is 5.34. The number of nitrogens with one attached hydrogen (secondary N) is 2. The molecule has 1 aromatic heterocycles. The second-order valence-corrected chi connectivity index (χ2v) is 6.38. The zero-order chi connectivity index (χ0) is 18.7. The zero-order valence-electron chi connectivity index (χ0n) is 13.3. The SMILES string of the molecule is O=C(NCc1ccc(C(F)(F)F)c(Br)c1)Nc1cccc2cnccc12. The molecule has 2 N–H and O–H groups in total. The average molecular weight is 424 g/mol. The third-order valence-corrected chi connectivity index (χ3v) is 4.38. The van der Waals surface area contributed by atoms with Gasteiger partial charge in [-0.25, -0.2) is 4.79 Å². The summed E-state index contributed by atoms with van der Waals surface area (Å²) in [7, 11) is 0. The van der Waals surface area contributed by atoms with Gasteiger partial charge in [0.25, 0.3) is 0 Å². The Morgan fingerprint density at radius 1 is 1.15 bits per heavy atom.